The van der Waals surface area contributed by atoms with E-state index in [9.17, 15) is 0 Å². The van der Waals surface area contributed by atoms with E-state index in [1.54, 1.807) is 7.11 Å². The highest BCUT2D eigenvalue weighted by atomic mass is 35.5. The molecule has 1 aromatic rings. The number of rotatable bonds is 2. The summed E-state index contributed by atoms with van der Waals surface area (Å²) in [5.41, 5.74) is 4.17. The predicted molar refractivity (Wildman–Crippen MR) is 70.3 cm³/mol. The molecule has 0 saturated carbocycles. The molecule has 5 heteroatoms. The van der Waals surface area contributed by atoms with Crippen LogP contribution in [0.1, 0.15) is 0 Å². The maximum atomic E-state index is 5.95. The highest BCUT2D eigenvalue weighted by Gasteiger charge is 2.19. The van der Waals surface area contributed by atoms with Gasteiger partial charge in [0.15, 0.2) is 0 Å². The van der Waals surface area contributed by atoms with Gasteiger partial charge in [-0.25, -0.2) is 10.2 Å². The fraction of sp³-hybridized carbons (Fsp3) is 0.0833. The second-order valence-electron chi connectivity index (χ2n) is 3.47. The first-order valence-electron chi connectivity index (χ1n) is 4.86. The van der Waals surface area contributed by atoms with Crippen molar-refractivity contribution >= 4 is 23.4 Å². The van der Waals surface area contributed by atoms with E-state index in [0.29, 0.717) is 5.02 Å². The molecule has 0 fully saturated rings. The van der Waals surface area contributed by atoms with E-state index in [1.807, 2.05) is 30.3 Å². The van der Waals surface area contributed by atoms with Crippen LogP contribution in [0.25, 0.3) is 22.5 Å². The number of methoxy groups -OCH3 is 1. The summed E-state index contributed by atoms with van der Waals surface area (Å²) < 4.78 is 5.27. The molecular formula is C12H10Cl2N2O. The van der Waals surface area contributed by atoms with Crippen molar-refractivity contribution in [3.8, 4) is 28.3 Å². The number of nitrogens with zero attached hydrogens (tertiary/aromatic N) is 1. The number of halogens is 2. The minimum absolute atomic E-state index is 0.696. The van der Waals surface area contributed by atoms with E-state index in [4.69, 9.17) is 16.3 Å². The van der Waals surface area contributed by atoms with E-state index in [1.165, 1.54) is 5.56 Å². The fourth-order valence-corrected chi connectivity index (χ4v) is 1.82. The maximum absolute atomic E-state index is 5.95. The van der Waals surface area contributed by atoms with Crippen molar-refractivity contribution in [2.24, 2.45) is 5.25 Å². The number of pyridine rings is 1. The van der Waals surface area contributed by atoms with Gasteiger partial charge in [0.05, 0.1) is 18.5 Å². The molecule has 0 radical (unpaired) electrons. The zero-order valence-electron chi connectivity index (χ0n) is 9.08. The Labute approximate surface area is 109 Å². The van der Waals surface area contributed by atoms with Gasteiger partial charge in [-0.3, -0.25) is 0 Å². The fourth-order valence-electron chi connectivity index (χ4n) is 1.65. The van der Waals surface area contributed by atoms with Gasteiger partial charge >= 0.3 is 0 Å². The number of aromatic nitrogens is 1. The zero-order chi connectivity index (χ0) is 12.4. The lowest BCUT2D eigenvalue weighted by atomic mass is 10.1. The molecule has 1 aliphatic carbocycles. The van der Waals surface area contributed by atoms with Crippen LogP contribution < -0.4 is 9.99 Å². The van der Waals surface area contributed by atoms with Crippen molar-refractivity contribution in [3.05, 3.63) is 35.4 Å². The second-order valence-corrected chi connectivity index (χ2v) is 3.91. The van der Waals surface area contributed by atoms with Crippen molar-refractivity contribution < 1.29 is 4.74 Å². The maximum Gasteiger partial charge on any atom is 0.128 e. The van der Waals surface area contributed by atoms with E-state index < -0.39 is 0 Å². The Balaban J connectivity index is 0.000000514. The molecule has 1 aromatic carbocycles. The SMILES string of the molecule is COc1ccc(Cl)cc1-c1cc2cc-2n1.NCl. The summed E-state index contributed by atoms with van der Waals surface area (Å²) in [7, 11) is 1.65. The van der Waals surface area contributed by atoms with E-state index in [2.05, 4.69) is 22.0 Å². The molecule has 0 atom stereocenters. The molecule has 1 aliphatic heterocycles. The van der Waals surface area contributed by atoms with Crippen LogP contribution in [0.15, 0.2) is 30.3 Å². The molecule has 0 bridgehead atoms. The van der Waals surface area contributed by atoms with Gasteiger partial charge < -0.3 is 4.74 Å². The van der Waals surface area contributed by atoms with Crippen molar-refractivity contribution in [1.82, 2.24) is 4.98 Å². The number of hydrogen-bond acceptors (Lipinski definition) is 3. The van der Waals surface area contributed by atoms with Crippen LogP contribution in [-0.4, -0.2) is 12.1 Å². The largest absolute Gasteiger partial charge is 0.496 e. The third-order valence-electron chi connectivity index (χ3n) is 2.48. The molecule has 1 heterocycles. The highest BCUT2D eigenvalue weighted by molar-refractivity contribution is 6.31. The van der Waals surface area contributed by atoms with Crippen LogP contribution >= 0.6 is 23.4 Å². The minimum atomic E-state index is 0.696. The number of nitrogens with two attached hydrogens (primary N) is 1. The van der Waals surface area contributed by atoms with Crippen LogP contribution in [0.2, 0.25) is 5.02 Å². The molecule has 0 unspecified atom stereocenters. The standard InChI is InChI=1S/C12H8ClNO.ClH2N/c1-15-12-3-2-8(13)6-9(12)11-5-7-4-10(7)14-11;1-2/h2-6H,1H3;2H2. The molecule has 2 N–H and O–H groups in total. The minimum Gasteiger partial charge on any atom is -0.496 e. The molecule has 17 heavy (non-hydrogen) atoms. The highest BCUT2D eigenvalue weighted by Crippen LogP contribution is 2.40. The van der Waals surface area contributed by atoms with Crippen molar-refractivity contribution in [1.29, 1.82) is 0 Å². The van der Waals surface area contributed by atoms with Crippen LogP contribution in [0, 0.1) is 0 Å². The molecule has 0 aromatic heterocycles. The van der Waals surface area contributed by atoms with Gasteiger partial charge in [-0.1, -0.05) is 11.6 Å². The average Bonchev–Trinajstić information content (AvgIpc) is 2.98. The molecule has 0 saturated heterocycles. The molecule has 2 aliphatic rings. The lowest BCUT2D eigenvalue weighted by Gasteiger charge is -2.06. The van der Waals surface area contributed by atoms with E-state index >= 15 is 0 Å². The lowest BCUT2D eigenvalue weighted by molar-refractivity contribution is 0.416. The summed E-state index contributed by atoms with van der Waals surface area (Å²) in [4.78, 5) is 4.43. The molecular weight excluding hydrogens is 259 g/mol. The summed E-state index contributed by atoms with van der Waals surface area (Å²) in [6.07, 6.45) is 0. The Morgan fingerprint density at radius 1 is 1.12 bits per heavy atom. The summed E-state index contributed by atoms with van der Waals surface area (Å²) in [6.45, 7) is 0. The van der Waals surface area contributed by atoms with Crippen LogP contribution in [0.4, 0.5) is 0 Å². The van der Waals surface area contributed by atoms with Gasteiger partial charge in [0, 0.05) is 16.1 Å². The zero-order valence-corrected chi connectivity index (χ0v) is 10.6. The predicted octanol–water partition coefficient (Wildman–Crippen LogP) is 3.49. The topological polar surface area (TPSA) is 48.1 Å². The number of ether oxygens (including phenoxy) is 1. The van der Waals surface area contributed by atoms with Crippen LogP contribution in [0.5, 0.6) is 5.75 Å². The molecule has 88 valence electrons. The van der Waals surface area contributed by atoms with Gasteiger partial charge in [0.25, 0.3) is 0 Å². The number of fused-ring (bicyclic) bond motifs is 1. The summed E-state index contributed by atoms with van der Waals surface area (Å²) >= 11 is 10.1. The lowest BCUT2D eigenvalue weighted by Crippen LogP contribution is -1.87. The Bertz CT molecular complexity index is 538. The third kappa shape index (κ3) is 2.36. The van der Waals surface area contributed by atoms with Gasteiger partial charge in [0.2, 0.25) is 0 Å². The van der Waals surface area contributed by atoms with Crippen molar-refractivity contribution in [2.45, 2.75) is 0 Å². The molecule has 0 spiro atoms. The van der Waals surface area contributed by atoms with E-state index in [0.717, 1.165) is 22.7 Å². The second kappa shape index (κ2) is 4.92. The first-order chi connectivity index (χ1) is 8.28. The summed E-state index contributed by atoms with van der Waals surface area (Å²) in [5, 5.41) is 4.67. The molecule has 3 rings (SSSR count). The van der Waals surface area contributed by atoms with Crippen LogP contribution in [-0.2, 0) is 0 Å². The monoisotopic (exact) mass is 268 g/mol. The first kappa shape index (κ1) is 12.2. The number of hydrogen-bond donors (Lipinski definition) is 1. The number of benzene rings is 1. The van der Waals surface area contributed by atoms with E-state index in [-0.39, 0.29) is 0 Å². The smallest absolute Gasteiger partial charge is 0.128 e. The van der Waals surface area contributed by atoms with Crippen molar-refractivity contribution in [2.75, 3.05) is 7.11 Å². The Morgan fingerprint density at radius 2 is 1.82 bits per heavy atom. The summed E-state index contributed by atoms with van der Waals surface area (Å²) in [5.74, 6) is 0.803. The average molecular weight is 269 g/mol. The quantitative estimate of drug-likeness (QED) is 0.724. The Hall–Kier alpha value is -1.29. The molecule has 3 nitrogen and oxygen atoms in total. The summed E-state index contributed by atoms with van der Waals surface area (Å²) in [6, 6.07) is 9.63. The van der Waals surface area contributed by atoms with Gasteiger partial charge in [-0.05, 0) is 42.1 Å². The Morgan fingerprint density at radius 3 is 2.41 bits per heavy atom. The van der Waals surface area contributed by atoms with Gasteiger partial charge in [0.1, 0.15) is 5.75 Å². The third-order valence-corrected chi connectivity index (χ3v) is 2.71. The van der Waals surface area contributed by atoms with Gasteiger partial charge in [-0.15, -0.1) is 0 Å². The molecule has 0 amide bonds. The first-order valence-corrected chi connectivity index (χ1v) is 5.67. The van der Waals surface area contributed by atoms with Gasteiger partial charge in [-0.2, -0.15) is 0 Å². The van der Waals surface area contributed by atoms with Crippen LogP contribution in [0.3, 0.4) is 0 Å². The normalized spacial score (nSPS) is 10.4. The Kier molecular flexibility index (Phi) is 3.52. The van der Waals surface area contributed by atoms with Crippen molar-refractivity contribution in [3.63, 3.8) is 0 Å².